The minimum absolute atomic E-state index is 0.785. The molecule has 0 heterocycles. The lowest BCUT2D eigenvalue weighted by molar-refractivity contribution is 1.38. The molecule has 0 spiro atoms. The van der Waals surface area contributed by atoms with Crippen molar-refractivity contribution in [3.63, 3.8) is 0 Å². The molecule has 0 radical (unpaired) electrons. The first-order valence-corrected chi connectivity index (χ1v) is 8.77. The quantitative estimate of drug-likeness (QED) is 0.499. The molecule has 0 saturated heterocycles. The summed E-state index contributed by atoms with van der Waals surface area (Å²) >= 11 is 5.95. The Morgan fingerprint density at radius 1 is 0.882 bits per heavy atom. The normalized spacial score (nSPS) is 10.9. The lowest BCUT2D eigenvalue weighted by Crippen LogP contribution is -2.46. The van der Waals surface area contributed by atoms with Crippen LogP contribution in [0.4, 0.5) is 0 Å². The molecule has 0 saturated carbocycles. The fourth-order valence-corrected chi connectivity index (χ4v) is 6.10. The Bertz CT molecular complexity index is 365. The zero-order valence-electron chi connectivity index (χ0n) is 10.2. The van der Waals surface area contributed by atoms with Crippen LogP contribution in [-0.2, 0) is 0 Å². The van der Waals surface area contributed by atoms with Crippen LogP contribution in [0.5, 0.6) is 0 Å². The summed E-state index contributed by atoms with van der Waals surface area (Å²) in [7, 11) is -1.61. The second-order valence-electron chi connectivity index (χ2n) is 4.27. The van der Waals surface area contributed by atoms with E-state index in [0.29, 0.717) is 0 Å². The predicted molar refractivity (Wildman–Crippen MR) is 81.9 cm³/mol. The molecule has 0 atom stereocenters. The number of rotatable bonds is 7. The molecule has 0 fully saturated rings. The summed E-state index contributed by atoms with van der Waals surface area (Å²) in [4.78, 5) is 0. The minimum Gasteiger partial charge on any atom is -0.103 e. The largest absolute Gasteiger partial charge is 0.103 e. The SMILES string of the molecule is C=CC[Si](CC=C)(CC=C)c1ccc(Cl)cc1. The van der Waals surface area contributed by atoms with Crippen LogP contribution in [0.1, 0.15) is 0 Å². The Kier molecular flexibility index (Phi) is 5.46. The van der Waals surface area contributed by atoms with Gasteiger partial charge in [-0.2, -0.15) is 0 Å². The molecule has 0 N–H and O–H groups in total. The van der Waals surface area contributed by atoms with Crippen molar-refractivity contribution in [2.75, 3.05) is 0 Å². The summed E-state index contributed by atoms with van der Waals surface area (Å²) in [5.41, 5.74) is 0. The fraction of sp³-hybridized carbons (Fsp3) is 0.200. The van der Waals surface area contributed by atoms with Gasteiger partial charge in [0.25, 0.3) is 0 Å². The van der Waals surface area contributed by atoms with Crippen LogP contribution in [0, 0.1) is 0 Å². The van der Waals surface area contributed by atoms with E-state index in [0.717, 1.165) is 23.2 Å². The van der Waals surface area contributed by atoms with E-state index in [-0.39, 0.29) is 0 Å². The van der Waals surface area contributed by atoms with Crippen LogP contribution in [0.25, 0.3) is 0 Å². The molecule has 0 amide bonds. The van der Waals surface area contributed by atoms with Gasteiger partial charge in [-0.3, -0.25) is 0 Å². The topological polar surface area (TPSA) is 0 Å². The van der Waals surface area contributed by atoms with Gasteiger partial charge in [0.1, 0.15) is 0 Å². The van der Waals surface area contributed by atoms with Crippen LogP contribution in [0.3, 0.4) is 0 Å². The maximum Gasteiger partial charge on any atom is 0.0977 e. The molecule has 1 aromatic rings. The average Bonchev–Trinajstić information content (AvgIpc) is 2.30. The maximum atomic E-state index is 5.95. The molecule has 17 heavy (non-hydrogen) atoms. The van der Waals surface area contributed by atoms with Crippen LogP contribution in [0.15, 0.2) is 62.2 Å². The Labute approximate surface area is 110 Å². The Balaban J connectivity index is 3.17. The van der Waals surface area contributed by atoms with E-state index in [4.69, 9.17) is 11.6 Å². The molecule has 0 aliphatic rings. The molecule has 0 aliphatic heterocycles. The van der Waals surface area contributed by atoms with Gasteiger partial charge in [-0.1, -0.05) is 47.1 Å². The second kappa shape index (κ2) is 6.63. The average molecular weight is 263 g/mol. The summed E-state index contributed by atoms with van der Waals surface area (Å²) in [6.45, 7) is 11.7. The zero-order chi connectivity index (χ0) is 12.7. The third kappa shape index (κ3) is 3.45. The lowest BCUT2D eigenvalue weighted by Gasteiger charge is -2.29. The highest BCUT2D eigenvalue weighted by atomic mass is 35.5. The first kappa shape index (κ1) is 14.0. The molecule has 90 valence electrons. The highest BCUT2D eigenvalue weighted by Gasteiger charge is 2.30. The van der Waals surface area contributed by atoms with Crippen LogP contribution in [-0.4, -0.2) is 8.07 Å². The number of halogens is 1. The number of hydrogen-bond donors (Lipinski definition) is 0. The van der Waals surface area contributed by atoms with Gasteiger partial charge in [0.15, 0.2) is 0 Å². The lowest BCUT2D eigenvalue weighted by atomic mass is 10.4. The maximum absolute atomic E-state index is 5.95. The zero-order valence-corrected chi connectivity index (χ0v) is 11.9. The van der Waals surface area contributed by atoms with Gasteiger partial charge in [-0.25, -0.2) is 0 Å². The number of allylic oxidation sites excluding steroid dienone is 3. The first-order valence-electron chi connectivity index (χ1n) is 5.77. The van der Waals surface area contributed by atoms with Gasteiger partial charge >= 0.3 is 0 Å². The summed E-state index contributed by atoms with van der Waals surface area (Å²) in [6.07, 6.45) is 6.06. The van der Waals surface area contributed by atoms with Crippen molar-refractivity contribution in [1.29, 1.82) is 0 Å². The van der Waals surface area contributed by atoms with E-state index in [2.05, 4.69) is 31.9 Å². The van der Waals surface area contributed by atoms with Crippen molar-refractivity contribution in [3.05, 3.63) is 67.3 Å². The van der Waals surface area contributed by atoms with Crippen molar-refractivity contribution >= 4 is 24.9 Å². The van der Waals surface area contributed by atoms with Gasteiger partial charge in [0.05, 0.1) is 8.07 Å². The summed E-state index contributed by atoms with van der Waals surface area (Å²) in [5, 5.41) is 2.19. The van der Waals surface area contributed by atoms with E-state index >= 15 is 0 Å². The smallest absolute Gasteiger partial charge is 0.0977 e. The van der Waals surface area contributed by atoms with E-state index in [1.165, 1.54) is 5.19 Å². The highest BCUT2D eigenvalue weighted by Crippen LogP contribution is 2.23. The molecular weight excluding hydrogens is 244 g/mol. The van der Waals surface area contributed by atoms with Crippen molar-refractivity contribution in [2.24, 2.45) is 0 Å². The molecule has 2 heteroatoms. The van der Waals surface area contributed by atoms with E-state index in [1.54, 1.807) is 0 Å². The number of benzene rings is 1. The molecule has 0 unspecified atom stereocenters. The third-order valence-electron chi connectivity index (χ3n) is 3.06. The van der Waals surface area contributed by atoms with Crippen molar-refractivity contribution < 1.29 is 0 Å². The standard InChI is InChI=1S/C15H19ClSi/c1-4-11-17(12-5-2,13-6-3)15-9-7-14(16)8-10-15/h4-10H,1-3,11-13H2. The van der Waals surface area contributed by atoms with Gasteiger partial charge < -0.3 is 0 Å². The molecule has 1 aromatic carbocycles. The summed E-state index contributed by atoms with van der Waals surface area (Å²) < 4.78 is 0. The molecule has 1 rings (SSSR count). The summed E-state index contributed by atoms with van der Waals surface area (Å²) in [5.74, 6) is 0. The van der Waals surface area contributed by atoms with Crippen molar-refractivity contribution in [3.8, 4) is 0 Å². The van der Waals surface area contributed by atoms with E-state index < -0.39 is 8.07 Å². The van der Waals surface area contributed by atoms with Crippen molar-refractivity contribution in [2.45, 2.75) is 18.1 Å². The fourth-order valence-electron chi connectivity index (χ4n) is 2.24. The van der Waals surface area contributed by atoms with E-state index in [1.807, 2.05) is 30.4 Å². The minimum atomic E-state index is -1.61. The van der Waals surface area contributed by atoms with Gasteiger partial charge in [0.2, 0.25) is 0 Å². The summed E-state index contributed by atoms with van der Waals surface area (Å²) in [6, 6.07) is 11.4. The Morgan fingerprint density at radius 3 is 1.65 bits per heavy atom. The monoisotopic (exact) mass is 262 g/mol. The Hall–Kier alpha value is -1.05. The molecule has 0 nitrogen and oxygen atoms in total. The first-order chi connectivity index (χ1) is 8.18. The van der Waals surface area contributed by atoms with Gasteiger partial charge in [-0.05, 0) is 30.3 Å². The molecular formula is C15H19ClSi. The molecule has 0 aromatic heterocycles. The van der Waals surface area contributed by atoms with Crippen LogP contribution in [0.2, 0.25) is 23.2 Å². The van der Waals surface area contributed by atoms with Crippen LogP contribution < -0.4 is 5.19 Å². The van der Waals surface area contributed by atoms with Crippen molar-refractivity contribution in [1.82, 2.24) is 0 Å². The van der Waals surface area contributed by atoms with Gasteiger partial charge in [-0.15, -0.1) is 19.7 Å². The highest BCUT2D eigenvalue weighted by molar-refractivity contribution is 6.92. The number of hydrogen-bond acceptors (Lipinski definition) is 0. The second-order valence-corrected chi connectivity index (χ2v) is 9.06. The Morgan fingerprint density at radius 2 is 1.29 bits per heavy atom. The molecule has 0 aliphatic carbocycles. The van der Waals surface area contributed by atoms with Gasteiger partial charge in [0, 0.05) is 5.02 Å². The third-order valence-corrected chi connectivity index (χ3v) is 8.08. The molecule has 0 bridgehead atoms. The van der Waals surface area contributed by atoms with E-state index in [9.17, 15) is 0 Å². The van der Waals surface area contributed by atoms with Crippen LogP contribution >= 0.6 is 11.6 Å². The predicted octanol–water partition coefficient (Wildman–Crippen LogP) is 4.55.